The van der Waals surface area contributed by atoms with E-state index in [4.69, 9.17) is 21.4 Å². The average molecular weight is 522 g/mol. The Kier molecular flexibility index (Phi) is 7.78. The number of aryl methyl sites for hydroxylation is 1. The number of nitrogens with one attached hydrogen (secondary N) is 1. The van der Waals surface area contributed by atoms with E-state index in [0.29, 0.717) is 23.7 Å². The molecule has 2 aromatic heterocycles. The molecule has 0 radical (unpaired) electrons. The third kappa shape index (κ3) is 6.01. The molecule has 38 heavy (non-hydrogen) atoms. The zero-order valence-corrected chi connectivity index (χ0v) is 20.8. The lowest BCUT2D eigenvalue weighted by Crippen LogP contribution is -2.33. The number of carbonyl (C=O) groups excluding carboxylic acids is 1. The van der Waals surface area contributed by atoms with E-state index in [9.17, 15) is 19.2 Å². The number of nitrogens with two attached hydrogens (primary N) is 2. The predicted molar refractivity (Wildman–Crippen MR) is 135 cm³/mol. The van der Waals surface area contributed by atoms with Gasteiger partial charge in [0.25, 0.3) is 5.91 Å². The number of methoxy groups -OCH3 is 1. The first-order valence-electron chi connectivity index (χ1n) is 11.9. The Labute approximate surface area is 218 Å². The molecule has 1 saturated carbocycles. The lowest BCUT2D eigenvalue weighted by Gasteiger charge is -2.14. The van der Waals surface area contributed by atoms with Crippen molar-refractivity contribution in [3.63, 3.8) is 0 Å². The van der Waals surface area contributed by atoms with E-state index in [1.54, 1.807) is 0 Å². The van der Waals surface area contributed by atoms with Crippen LogP contribution in [0.3, 0.4) is 0 Å². The minimum Gasteiger partial charge on any atom is -0.494 e. The molecule has 0 aliphatic heterocycles. The SMILES string of the molecule is COc1ccc(C#N)c(CNC(=O)/C(N)=C/N(N)Cc2cn3cc(C4CC4)cc(CCC(=O)O)c3n2)c1F. The summed E-state index contributed by atoms with van der Waals surface area (Å²) in [5.74, 6) is 4.17. The summed E-state index contributed by atoms with van der Waals surface area (Å²) in [6.07, 6.45) is 7.61. The highest BCUT2D eigenvalue weighted by Gasteiger charge is 2.25. The highest BCUT2D eigenvalue weighted by molar-refractivity contribution is 5.92. The molecule has 1 aliphatic rings. The number of pyridine rings is 1. The molecular weight excluding hydrogens is 493 g/mol. The zero-order chi connectivity index (χ0) is 27.4. The molecule has 6 N–H and O–H groups in total. The van der Waals surface area contributed by atoms with Crippen molar-refractivity contribution in [3.8, 4) is 11.8 Å². The van der Waals surface area contributed by atoms with Crippen molar-refractivity contribution < 1.29 is 23.8 Å². The lowest BCUT2D eigenvalue weighted by atomic mass is 10.1. The molecular formula is C26H28FN7O4. The number of rotatable bonds is 11. The smallest absolute Gasteiger partial charge is 0.303 e. The molecule has 12 heteroatoms. The van der Waals surface area contributed by atoms with Gasteiger partial charge in [-0.3, -0.25) is 9.59 Å². The average Bonchev–Trinajstić information content (AvgIpc) is 3.65. The first-order valence-corrected chi connectivity index (χ1v) is 11.9. The Morgan fingerprint density at radius 2 is 2.16 bits per heavy atom. The number of halogens is 1. The van der Waals surface area contributed by atoms with Crippen molar-refractivity contribution in [1.82, 2.24) is 19.7 Å². The van der Waals surface area contributed by atoms with Gasteiger partial charge in [-0.15, -0.1) is 0 Å². The number of hydrogen-bond acceptors (Lipinski definition) is 8. The van der Waals surface area contributed by atoms with E-state index < -0.39 is 17.7 Å². The monoisotopic (exact) mass is 521 g/mol. The fourth-order valence-electron chi connectivity index (χ4n) is 4.16. The number of aliphatic carboxylic acids is 1. The number of nitrogens with zero attached hydrogens (tertiary/aromatic N) is 4. The van der Waals surface area contributed by atoms with Crippen LogP contribution in [0.2, 0.25) is 0 Å². The van der Waals surface area contributed by atoms with Crippen molar-refractivity contribution in [1.29, 1.82) is 5.26 Å². The van der Waals surface area contributed by atoms with Crippen molar-refractivity contribution >= 4 is 17.5 Å². The van der Waals surface area contributed by atoms with Crippen molar-refractivity contribution in [2.24, 2.45) is 11.6 Å². The molecule has 11 nitrogen and oxygen atoms in total. The molecule has 0 spiro atoms. The van der Waals surface area contributed by atoms with Crippen molar-refractivity contribution in [3.05, 3.63) is 76.3 Å². The summed E-state index contributed by atoms with van der Waals surface area (Å²) in [5, 5.41) is 22.0. The molecule has 1 aromatic carbocycles. The van der Waals surface area contributed by atoms with E-state index in [1.807, 2.05) is 28.9 Å². The van der Waals surface area contributed by atoms with E-state index in [0.717, 1.165) is 24.0 Å². The van der Waals surface area contributed by atoms with Crippen LogP contribution in [0.5, 0.6) is 5.75 Å². The number of benzene rings is 1. The van der Waals surface area contributed by atoms with Crippen LogP contribution >= 0.6 is 0 Å². The maximum Gasteiger partial charge on any atom is 0.303 e. The molecule has 198 valence electrons. The third-order valence-electron chi connectivity index (χ3n) is 6.24. The highest BCUT2D eigenvalue weighted by Crippen LogP contribution is 2.40. The number of amides is 1. The van der Waals surface area contributed by atoms with Gasteiger partial charge in [0.1, 0.15) is 11.3 Å². The van der Waals surface area contributed by atoms with Crippen LogP contribution in [0.4, 0.5) is 4.39 Å². The molecule has 1 fully saturated rings. The molecule has 1 aliphatic carbocycles. The van der Waals surface area contributed by atoms with Gasteiger partial charge in [-0.05, 0) is 48.4 Å². The maximum atomic E-state index is 14.6. The van der Waals surface area contributed by atoms with Crippen molar-refractivity contribution in [2.75, 3.05) is 7.11 Å². The summed E-state index contributed by atoms with van der Waals surface area (Å²) in [4.78, 5) is 28.2. The first kappa shape index (κ1) is 26.4. The van der Waals surface area contributed by atoms with Crippen LogP contribution in [0.15, 0.2) is 42.5 Å². The summed E-state index contributed by atoms with van der Waals surface area (Å²) in [6.45, 7) is -0.158. The second-order valence-electron chi connectivity index (χ2n) is 9.09. The number of hydrazine groups is 1. The molecule has 3 aromatic rings. The number of carboxylic acids is 1. The Hall–Kier alpha value is -4.63. The van der Waals surface area contributed by atoms with Gasteiger partial charge in [0.15, 0.2) is 11.6 Å². The van der Waals surface area contributed by atoms with Gasteiger partial charge in [-0.2, -0.15) is 5.26 Å². The Bertz CT molecular complexity index is 1460. The van der Waals surface area contributed by atoms with Crippen LogP contribution in [0.1, 0.15) is 53.1 Å². The topological polar surface area (TPSA) is 172 Å². The van der Waals surface area contributed by atoms with Gasteiger partial charge < -0.3 is 30.3 Å². The largest absolute Gasteiger partial charge is 0.494 e. The van der Waals surface area contributed by atoms with Gasteiger partial charge in [0.05, 0.1) is 31.0 Å². The Morgan fingerprint density at radius 1 is 1.39 bits per heavy atom. The number of nitriles is 1. The van der Waals surface area contributed by atoms with E-state index in [2.05, 4.69) is 10.3 Å². The van der Waals surface area contributed by atoms with Crippen LogP contribution in [-0.2, 0) is 29.1 Å². The Balaban J connectivity index is 1.45. The number of ether oxygens (including phenoxy) is 1. The minimum absolute atomic E-state index is 0.00110. The molecule has 2 heterocycles. The van der Waals surface area contributed by atoms with E-state index >= 15 is 0 Å². The first-order chi connectivity index (χ1) is 18.2. The summed E-state index contributed by atoms with van der Waals surface area (Å²) in [7, 11) is 1.30. The number of carbonyl (C=O) groups is 2. The number of fused-ring (bicyclic) bond motifs is 1. The molecule has 0 saturated heterocycles. The molecule has 0 atom stereocenters. The lowest BCUT2D eigenvalue weighted by molar-refractivity contribution is -0.137. The van der Waals surface area contributed by atoms with Crippen LogP contribution in [0.25, 0.3) is 5.65 Å². The second kappa shape index (κ2) is 11.2. The van der Waals surface area contributed by atoms with Crippen molar-refractivity contribution in [2.45, 2.75) is 44.7 Å². The summed E-state index contributed by atoms with van der Waals surface area (Å²) in [5.41, 5.74) is 8.96. The fraction of sp³-hybridized carbons (Fsp3) is 0.308. The predicted octanol–water partition coefficient (Wildman–Crippen LogP) is 2.04. The molecule has 0 unspecified atom stereocenters. The van der Waals surface area contributed by atoms with Gasteiger partial charge in [-0.25, -0.2) is 15.2 Å². The normalized spacial score (nSPS) is 13.3. The number of imidazole rings is 1. The summed E-state index contributed by atoms with van der Waals surface area (Å²) < 4.78 is 21.4. The van der Waals surface area contributed by atoms with Crippen LogP contribution in [0, 0.1) is 17.1 Å². The highest BCUT2D eigenvalue weighted by atomic mass is 19.1. The summed E-state index contributed by atoms with van der Waals surface area (Å²) >= 11 is 0. The standard InChI is InChI=1S/C26H28FN7O4/c1-38-22-6-4-17(9-28)20(24(22)27)10-31-26(37)21(29)14-34(30)13-19-12-33-11-18(15-2-3-15)8-16(25(33)32-19)5-7-23(35)36/h4,6,8,11-12,14-15H,2-3,5,7,10,13,29-30H2,1H3,(H,31,37)(H,35,36)/b21-14-. The minimum atomic E-state index is -0.878. The molecule has 4 rings (SSSR count). The molecule has 0 bridgehead atoms. The van der Waals surface area contributed by atoms with Crippen LogP contribution < -0.4 is 21.6 Å². The van der Waals surface area contributed by atoms with Gasteiger partial charge in [-0.1, -0.05) is 6.07 Å². The summed E-state index contributed by atoms with van der Waals surface area (Å²) in [6, 6.07) is 6.65. The van der Waals surface area contributed by atoms with Crippen LogP contribution in [-0.4, -0.2) is 38.5 Å². The van der Waals surface area contributed by atoms with E-state index in [-0.39, 0.29) is 42.1 Å². The molecule has 1 amide bonds. The maximum absolute atomic E-state index is 14.6. The quantitative estimate of drug-likeness (QED) is 0.167. The second-order valence-corrected chi connectivity index (χ2v) is 9.09. The van der Waals surface area contributed by atoms with E-state index in [1.165, 1.54) is 30.5 Å². The van der Waals surface area contributed by atoms with Gasteiger partial charge >= 0.3 is 5.97 Å². The zero-order valence-electron chi connectivity index (χ0n) is 20.8. The van der Waals surface area contributed by atoms with Gasteiger partial charge in [0.2, 0.25) is 0 Å². The number of hydrogen-bond donors (Lipinski definition) is 4. The number of aromatic nitrogens is 2. The Morgan fingerprint density at radius 3 is 2.82 bits per heavy atom. The van der Waals surface area contributed by atoms with Gasteiger partial charge in [0, 0.05) is 37.1 Å². The third-order valence-corrected chi connectivity index (χ3v) is 6.24. The number of carboxylic acid groups (broad SMARTS) is 1. The fourth-order valence-corrected chi connectivity index (χ4v) is 4.16.